The second-order valence-electron chi connectivity index (χ2n) is 5.30. The molecular weight excluding hydrogens is 260 g/mol. The van der Waals surface area contributed by atoms with Crippen LogP contribution in [0.4, 0.5) is 0 Å². The van der Waals surface area contributed by atoms with Gasteiger partial charge in [-0.05, 0) is 39.2 Å². The fourth-order valence-corrected chi connectivity index (χ4v) is 1.93. The normalized spacial score (nSPS) is 13.9. The highest BCUT2D eigenvalue weighted by atomic mass is 16.5. The van der Waals surface area contributed by atoms with Gasteiger partial charge < -0.3 is 25.2 Å². The zero-order chi connectivity index (χ0) is 15.3. The maximum Gasteiger partial charge on any atom is 0.255 e. The topological polar surface area (TPSA) is 82.0 Å². The van der Waals surface area contributed by atoms with Crippen molar-refractivity contribution in [1.82, 2.24) is 10.2 Å². The Bertz CT molecular complexity index is 472. The van der Waals surface area contributed by atoms with Crippen LogP contribution in [0.2, 0.25) is 0 Å². The highest BCUT2D eigenvalue weighted by molar-refractivity contribution is 5.97. The maximum atomic E-state index is 12.0. The lowest BCUT2D eigenvalue weighted by Crippen LogP contribution is -2.47. The fraction of sp³-hybridized carbons (Fsp3) is 0.500. The second-order valence-corrected chi connectivity index (χ2v) is 5.30. The fourth-order valence-electron chi connectivity index (χ4n) is 1.93. The molecule has 0 aliphatic heterocycles. The minimum absolute atomic E-state index is 0.0840. The van der Waals surface area contributed by atoms with Crippen molar-refractivity contribution >= 4 is 5.91 Å². The number of hydrogen-bond acceptors (Lipinski definition) is 5. The summed E-state index contributed by atoms with van der Waals surface area (Å²) in [5, 5.41) is 22.4. The maximum absolute atomic E-state index is 12.0. The van der Waals surface area contributed by atoms with E-state index in [4.69, 9.17) is 4.74 Å². The number of methoxy groups -OCH3 is 1. The SMILES string of the molecule is COc1ccc(O)c(C(=O)NCC(C)(O)CN(C)C)c1. The second kappa shape index (κ2) is 6.58. The Balaban J connectivity index is 2.72. The Labute approximate surface area is 119 Å². The summed E-state index contributed by atoms with van der Waals surface area (Å²) in [6, 6.07) is 4.41. The average molecular weight is 282 g/mol. The summed E-state index contributed by atoms with van der Waals surface area (Å²) >= 11 is 0. The first kappa shape index (κ1) is 16.3. The molecule has 0 spiro atoms. The van der Waals surface area contributed by atoms with E-state index in [1.165, 1.54) is 19.2 Å². The standard InChI is InChI=1S/C14H22N2O4/c1-14(19,9-16(2)3)8-15-13(18)11-7-10(20-4)5-6-12(11)17/h5-7,17,19H,8-9H2,1-4H3,(H,15,18). The number of nitrogens with one attached hydrogen (secondary N) is 1. The highest BCUT2D eigenvalue weighted by Crippen LogP contribution is 2.22. The summed E-state index contributed by atoms with van der Waals surface area (Å²) in [4.78, 5) is 13.8. The van der Waals surface area contributed by atoms with Gasteiger partial charge in [-0.3, -0.25) is 4.79 Å². The molecule has 0 aromatic heterocycles. The molecule has 6 nitrogen and oxygen atoms in total. The number of carbonyl (C=O) groups is 1. The van der Waals surface area contributed by atoms with Crippen LogP contribution in [0.25, 0.3) is 0 Å². The lowest BCUT2D eigenvalue weighted by atomic mass is 10.1. The molecule has 0 aliphatic carbocycles. The van der Waals surface area contributed by atoms with Crippen LogP contribution in [-0.4, -0.2) is 60.9 Å². The highest BCUT2D eigenvalue weighted by Gasteiger charge is 2.23. The van der Waals surface area contributed by atoms with E-state index in [0.29, 0.717) is 12.3 Å². The number of hydrogen-bond donors (Lipinski definition) is 3. The number of ether oxygens (including phenoxy) is 1. The minimum Gasteiger partial charge on any atom is -0.507 e. The number of carbonyl (C=O) groups excluding carboxylic acids is 1. The third-order valence-corrected chi connectivity index (χ3v) is 2.73. The van der Waals surface area contributed by atoms with Crippen LogP contribution in [0.15, 0.2) is 18.2 Å². The number of likely N-dealkylation sites (N-methyl/N-ethyl adjacent to an activating group) is 1. The molecule has 1 aromatic rings. The van der Waals surface area contributed by atoms with Gasteiger partial charge in [-0.1, -0.05) is 0 Å². The summed E-state index contributed by atoms with van der Waals surface area (Å²) < 4.78 is 5.01. The van der Waals surface area contributed by atoms with Crippen LogP contribution in [0.1, 0.15) is 17.3 Å². The van der Waals surface area contributed by atoms with E-state index < -0.39 is 11.5 Å². The van der Waals surface area contributed by atoms with Gasteiger partial charge in [-0.2, -0.15) is 0 Å². The van der Waals surface area contributed by atoms with Gasteiger partial charge in [0.15, 0.2) is 0 Å². The number of aliphatic hydroxyl groups is 1. The van der Waals surface area contributed by atoms with Crippen molar-refractivity contribution in [2.75, 3.05) is 34.3 Å². The molecule has 6 heteroatoms. The van der Waals surface area contributed by atoms with E-state index in [9.17, 15) is 15.0 Å². The zero-order valence-electron chi connectivity index (χ0n) is 12.3. The predicted molar refractivity (Wildman–Crippen MR) is 76.2 cm³/mol. The molecule has 0 radical (unpaired) electrons. The Morgan fingerprint density at radius 1 is 1.45 bits per heavy atom. The van der Waals surface area contributed by atoms with Crippen LogP contribution in [0.5, 0.6) is 11.5 Å². The van der Waals surface area contributed by atoms with E-state index in [0.717, 1.165) is 0 Å². The average Bonchev–Trinajstić information content (AvgIpc) is 2.35. The molecule has 0 fully saturated rings. The molecule has 1 rings (SSSR count). The van der Waals surface area contributed by atoms with Crippen molar-refractivity contribution in [2.24, 2.45) is 0 Å². The molecule has 0 saturated heterocycles. The molecule has 0 saturated carbocycles. The summed E-state index contributed by atoms with van der Waals surface area (Å²) in [6.45, 7) is 2.14. The van der Waals surface area contributed by atoms with Crippen molar-refractivity contribution in [3.63, 3.8) is 0 Å². The van der Waals surface area contributed by atoms with E-state index in [1.807, 2.05) is 19.0 Å². The third kappa shape index (κ3) is 4.71. The predicted octanol–water partition coefficient (Wildman–Crippen LogP) is 0.443. The molecule has 1 amide bonds. The van der Waals surface area contributed by atoms with Gasteiger partial charge in [0.1, 0.15) is 11.5 Å². The largest absolute Gasteiger partial charge is 0.507 e. The lowest BCUT2D eigenvalue weighted by molar-refractivity contribution is 0.0325. The van der Waals surface area contributed by atoms with E-state index in [1.54, 1.807) is 13.0 Å². The smallest absolute Gasteiger partial charge is 0.255 e. The number of amides is 1. The first-order chi connectivity index (χ1) is 9.25. The number of aromatic hydroxyl groups is 1. The first-order valence-electron chi connectivity index (χ1n) is 6.27. The zero-order valence-corrected chi connectivity index (χ0v) is 12.3. The molecule has 1 atom stereocenters. The van der Waals surface area contributed by atoms with Crippen molar-refractivity contribution < 1.29 is 19.7 Å². The number of nitrogens with zero attached hydrogens (tertiary/aromatic N) is 1. The number of phenols is 1. The number of benzene rings is 1. The van der Waals surface area contributed by atoms with Gasteiger partial charge in [0, 0.05) is 13.1 Å². The van der Waals surface area contributed by atoms with Gasteiger partial charge >= 0.3 is 0 Å². The van der Waals surface area contributed by atoms with Crippen molar-refractivity contribution in [3.8, 4) is 11.5 Å². The van der Waals surface area contributed by atoms with Gasteiger partial charge in [-0.25, -0.2) is 0 Å². The Kier molecular flexibility index (Phi) is 5.35. The monoisotopic (exact) mass is 282 g/mol. The molecule has 20 heavy (non-hydrogen) atoms. The molecule has 0 bridgehead atoms. The van der Waals surface area contributed by atoms with Crippen LogP contribution in [-0.2, 0) is 0 Å². The molecular formula is C14H22N2O4. The lowest BCUT2D eigenvalue weighted by Gasteiger charge is -2.27. The van der Waals surface area contributed by atoms with Crippen LogP contribution in [0, 0.1) is 0 Å². The molecule has 0 aliphatic rings. The van der Waals surface area contributed by atoms with Crippen LogP contribution < -0.4 is 10.1 Å². The summed E-state index contributed by atoms with van der Waals surface area (Å²) in [7, 11) is 5.16. The molecule has 0 heterocycles. The third-order valence-electron chi connectivity index (χ3n) is 2.73. The summed E-state index contributed by atoms with van der Waals surface area (Å²) in [5.41, 5.74) is -0.932. The molecule has 3 N–H and O–H groups in total. The van der Waals surface area contributed by atoms with E-state index >= 15 is 0 Å². The van der Waals surface area contributed by atoms with Crippen molar-refractivity contribution in [1.29, 1.82) is 0 Å². The Hall–Kier alpha value is -1.79. The first-order valence-corrected chi connectivity index (χ1v) is 6.27. The molecule has 112 valence electrons. The minimum atomic E-state index is -1.05. The van der Waals surface area contributed by atoms with Gasteiger partial charge in [0.25, 0.3) is 5.91 Å². The van der Waals surface area contributed by atoms with Crippen LogP contribution in [0.3, 0.4) is 0 Å². The van der Waals surface area contributed by atoms with Crippen molar-refractivity contribution in [2.45, 2.75) is 12.5 Å². The Morgan fingerprint density at radius 3 is 2.65 bits per heavy atom. The van der Waals surface area contributed by atoms with Crippen molar-refractivity contribution in [3.05, 3.63) is 23.8 Å². The van der Waals surface area contributed by atoms with Crippen LogP contribution >= 0.6 is 0 Å². The number of phenolic OH excluding ortho intramolecular Hbond substituents is 1. The van der Waals surface area contributed by atoms with Gasteiger partial charge in [0.2, 0.25) is 0 Å². The molecule has 1 unspecified atom stereocenters. The Morgan fingerprint density at radius 2 is 2.10 bits per heavy atom. The number of rotatable bonds is 6. The van der Waals surface area contributed by atoms with Gasteiger partial charge in [-0.15, -0.1) is 0 Å². The molecule has 1 aromatic carbocycles. The summed E-state index contributed by atoms with van der Waals surface area (Å²) in [6.07, 6.45) is 0. The summed E-state index contributed by atoms with van der Waals surface area (Å²) in [5.74, 6) is -0.107. The quantitative estimate of drug-likeness (QED) is 0.705. The van der Waals surface area contributed by atoms with Gasteiger partial charge in [0.05, 0.1) is 18.3 Å². The van der Waals surface area contributed by atoms with E-state index in [-0.39, 0.29) is 17.9 Å². The van der Waals surface area contributed by atoms with E-state index in [2.05, 4.69) is 5.32 Å².